The van der Waals surface area contributed by atoms with Crippen LogP contribution in [0.2, 0.25) is 0 Å². The summed E-state index contributed by atoms with van der Waals surface area (Å²) in [6.07, 6.45) is -2.94. The van der Waals surface area contributed by atoms with Gasteiger partial charge in [-0.05, 0) is 26.7 Å². The minimum atomic E-state index is -4.38. The lowest BCUT2D eigenvalue weighted by molar-refractivity contribution is -0.143. The Morgan fingerprint density at radius 3 is 2.74 bits per heavy atom. The molecule has 1 amide bonds. The minimum absolute atomic E-state index is 0.0211. The highest BCUT2D eigenvalue weighted by Crippen LogP contribution is 2.26. The summed E-state index contributed by atoms with van der Waals surface area (Å²) < 4.78 is 43.8. The number of aryl methyl sites for hydroxylation is 1. The first-order valence-corrected chi connectivity index (χ1v) is 8.57. The van der Waals surface area contributed by atoms with Crippen LogP contribution in [-0.2, 0) is 17.8 Å². The highest BCUT2D eigenvalue weighted by atomic mass is 19.4. The van der Waals surface area contributed by atoms with E-state index in [1.54, 1.807) is 11.8 Å². The van der Waals surface area contributed by atoms with Crippen LogP contribution in [0.25, 0.3) is 0 Å². The summed E-state index contributed by atoms with van der Waals surface area (Å²) in [6, 6.07) is 0. The van der Waals surface area contributed by atoms with Gasteiger partial charge in [-0.3, -0.25) is 9.48 Å². The first-order chi connectivity index (χ1) is 12.6. The third-order valence-electron chi connectivity index (χ3n) is 4.77. The Labute approximate surface area is 152 Å². The molecule has 1 aliphatic rings. The molecule has 0 bridgehead atoms. The van der Waals surface area contributed by atoms with Gasteiger partial charge in [-0.2, -0.15) is 18.3 Å². The van der Waals surface area contributed by atoms with Gasteiger partial charge in [-0.1, -0.05) is 0 Å². The van der Waals surface area contributed by atoms with Crippen LogP contribution >= 0.6 is 0 Å². The fourth-order valence-corrected chi connectivity index (χ4v) is 3.40. The molecular weight excluding hydrogens is 367 g/mol. The molecule has 2 aromatic rings. The zero-order chi connectivity index (χ0) is 19.8. The molecule has 148 valence electrons. The summed E-state index contributed by atoms with van der Waals surface area (Å²) in [4.78, 5) is 25.4. The molecule has 0 aromatic carbocycles. The van der Waals surface area contributed by atoms with Crippen LogP contribution in [0.3, 0.4) is 0 Å². The van der Waals surface area contributed by atoms with Crippen LogP contribution in [0.15, 0.2) is 9.21 Å². The van der Waals surface area contributed by atoms with Crippen molar-refractivity contribution >= 4 is 5.91 Å². The number of amides is 1. The van der Waals surface area contributed by atoms with Crippen molar-refractivity contribution < 1.29 is 22.4 Å². The molecule has 0 radical (unpaired) electrons. The monoisotopic (exact) mass is 387 g/mol. The van der Waals surface area contributed by atoms with Crippen LogP contribution in [0.1, 0.15) is 41.6 Å². The predicted molar refractivity (Wildman–Crippen MR) is 87.1 cm³/mol. The molecule has 1 saturated heterocycles. The highest BCUT2D eigenvalue weighted by molar-refractivity contribution is 5.79. The van der Waals surface area contributed by atoms with Crippen molar-refractivity contribution in [3.05, 3.63) is 33.4 Å². The molecule has 1 atom stereocenters. The molecule has 1 fully saturated rings. The Morgan fingerprint density at radius 1 is 1.37 bits per heavy atom. The summed E-state index contributed by atoms with van der Waals surface area (Å²) in [5.74, 6) is -0.758. The molecule has 27 heavy (non-hydrogen) atoms. The molecule has 1 unspecified atom stereocenters. The number of hydrogen-bond donors (Lipinski definition) is 1. The van der Waals surface area contributed by atoms with Gasteiger partial charge in [0, 0.05) is 24.3 Å². The summed E-state index contributed by atoms with van der Waals surface area (Å²) in [7, 11) is 0. The van der Waals surface area contributed by atoms with Crippen LogP contribution in [-0.4, -0.2) is 50.1 Å². The average molecular weight is 387 g/mol. The van der Waals surface area contributed by atoms with E-state index < -0.39 is 18.5 Å². The van der Waals surface area contributed by atoms with Crippen molar-refractivity contribution in [3.63, 3.8) is 0 Å². The van der Waals surface area contributed by atoms with Gasteiger partial charge in [0.05, 0.1) is 18.0 Å². The molecule has 1 aliphatic heterocycles. The Balaban J connectivity index is 1.71. The van der Waals surface area contributed by atoms with Gasteiger partial charge in [-0.15, -0.1) is 5.10 Å². The molecule has 0 aliphatic carbocycles. The Bertz CT molecular complexity index is 883. The second-order valence-electron chi connectivity index (χ2n) is 6.73. The number of nitrogens with one attached hydrogen (secondary N) is 1. The number of rotatable bonds is 4. The first kappa shape index (κ1) is 19.2. The number of carbonyl (C=O) groups excluding carboxylic acids is 1. The number of aromatic amines is 1. The normalized spacial score (nSPS) is 18.1. The van der Waals surface area contributed by atoms with Crippen molar-refractivity contribution in [1.29, 1.82) is 0 Å². The Morgan fingerprint density at radius 2 is 2.11 bits per heavy atom. The molecule has 3 heterocycles. The van der Waals surface area contributed by atoms with Gasteiger partial charge in [0.2, 0.25) is 11.8 Å². The van der Waals surface area contributed by atoms with Gasteiger partial charge in [0.15, 0.2) is 0 Å². The quantitative estimate of drug-likeness (QED) is 0.861. The van der Waals surface area contributed by atoms with Gasteiger partial charge >= 0.3 is 11.9 Å². The molecule has 3 rings (SSSR count). The number of nitrogens with zero attached hydrogens (tertiary/aromatic N) is 4. The van der Waals surface area contributed by atoms with Crippen molar-refractivity contribution in [2.45, 2.75) is 51.7 Å². The maximum Gasteiger partial charge on any atom is 0.434 e. The van der Waals surface area contributed by atoms with E-state index >= 15 is 0 Å². The van der Waals surface area contributed by atoms with Gasteiger partial charge in [0.1, 0.15) is 6.54 Å². The Hall–Kier alpha value is -2.59. The van der Waals surface area contributed by atoms with Crippen LogP contribution in [0.5, 0.6) is 0 Å². The predicted octanol–water partition coefficient (Wildman–Crippen LogP) is 1.69. The van der Waals surface area contributed by atoms with E-state index in [-0.39, 0.29) is 24.1 Å². The number of H-pyrrole nitrogens is 1. The number of alkyl halides is 3. The van der Waals surface area contributed by atoms with Gasteiger partial charge in [0.25, 0.3) is 0 Å². The van der Waals surface area contributed by atoms with Crippen molar-refractivity contribution in [1.82, 2.24) is 24.9 Å². The van der Waals surface area contributed by atoms with Gasteiger partial charge in [-0.25, -0.2) is 9.89 Å². The maximum absolute atomic E-state index is 12.7. The van der Waals surface area contributed by atoms with Crippen LogP contribution in [0, 0.1) is 13.8 Å². The van der Waals surface area contributed by atoms with Crippen molar-refractivity contribution in [3.8, 4) is 0 Å². The van der Waals surface area contributed by atoms with E-state index in [9.17, 15) is 22.8 Å². The summed E-state index contributed by atoms with van der Waals surface area (Å²) in [6.45, 7) is 2.84. The number of halogens is 3. The van der Waals surface area contributed by atoms with Crippen LogP contribution in [0.4, 0.5) is 13.2 Å². The number of hydrogen-bond acceptors (Lipinski definition) is 5. The van der Waals surface area contributed by atoms with E-state index in [4.69, 9.17) is 4.42 Å². The van der Waals surface area contributed by atoms with Crippen molar-refractivity contribution in [2.24, 2.45) is 0 Å². The summed E-state index contributed by atoms with van der Waals surface area (Å²) in [5, 5.41) is 9.95. The van der Waals surface area contributed by atoms with E-state index in [1.807, 2.05) is 0 Å². The maximum atomic E-state index is 12.7. The highest BCUT2D eigenvalue weighted by Gasteiger charge is 2.32. The van der Waals surface area contributed by atoms with E-state index in [1.165, 1.54) is 6.92 Å². The molecule has 8 nitrogen and oxygen atoms in total. The van der Waals surface area contributed by atoms with E-state index in [2.05, 4.69) is 15.3 Å². The smallest absolute Gasteiger partial charge is 0.392 e. The third-order valence-corrected chi connectivity index (χ3v) is 4.77. The zero-order valence-electron chi connectivity index (χ0n) is 15.0. The SMILES string of the molecule is Cc1nn(CC(F)(F)F)c(C)c1CC(=O)N1CCCC(c2n[nH]c(=O)o2)C1. The number of piperidine rings is 1. The molecule has 2 aromatic heterocycles. The average Bonchev–Trinajstić information content (AvgIpc) is 3.13. The topological polar surface area (TPSA) is 97.0 Å². The van der Waals surface area contributed by atoms with E-state index in [0.29, 0.717) is 30.0 Å². The second kappa shape index (κ2) is 7.20. The van der Waals surface area contributed by atoms with Crippen molar-refractivity contribution in [2.75, 3.05) is 13.1 Å². The third kappa shape index (κ3) is 4.40. The number of carbonyl (C=O) groups is 1. The zero-order valence-corrected chi connectivity index (χ0v) is 15.0. The van der Waals surface area contributed by atoms with Crippen LogP contribution < -0.4 is 5.76 Å². The lowest BCUT2D eigenvalue weighted by atomic mass is 9.97. The minimum Gasteiger partial charge on any atom is -0.392 e. The standard InChI is InChI=1S/C16H20F3N5O3/c1-9-12(10(2)24(22-9)8-16(17,18)19)6-13(25)23-5-3-4-11(7-23)14-20-21-15(26)27-14/h11H,3-8H2,1-2H3,(H,21,26). The fourth-order valence-electron chi connectivity index (χ4n) is 3.40. The second-order valence-corrected chi connectivity index (χ2v) is 6.73. The lowest BCUT2D eigenvalue weighted by Gasteiger charge is -2.31. The van der Waals surface area contributed by atoms with E-state index in [0.717, 1.165) is 17.5 Å². The summed E-state index contributed by atoms with van der Waals surface area (Å²) in [5.41, 5.74) is 1.26. The number of aromatic nitrogens is 4. The molecule has 0 saturated carbocycles. The summed E-state index contributed by atoms with van der Waals surface area (Å²) >= 11 is 0. The van der Waals surface area contributed by atoms with Gasteiger partial charge < -0.3 is 9.32 Å². The largest absolute Gasteiger partial charge is 0.434 e. The Kier molecular flexibility index (Phi) is 5.11. The molecular formula is C16H20F3N5O3. The molecule has 1 N–H and O–H groups in total. The number of likely N-dealkylation sites (tertiary alicyclic amines) is 1. The lowest BCUT2D eigenvalue weighted by Crippen LogP contribution is -2.40. The molecule has 11 heteroatoms. The molecule has 0 spiro atoms. The first-order valence-electron chi connectivity index (χ1n) is 8.57. The fraction of sp³-hybridized carbons (Fsp3) is 0.625.